The zero-order valence-electron chi connectivity index (χ0n) is 12.7. The lowest BCUT2D eigenvalue weighted by Gasteiger charge is -2.19. The normalized spacial score (nSPS) is 15.0. The summed E-state index contributed by atoms with van der Waals surface area (Å²) in [5, 5.41) is 4.18. The van der Waals surface area contributed by atoms with Crippen molar-refractivity contribution in [3.63, 3.8) is 0 Å². The highest BCUT2D eigenvalue weighted by atomic mass is 35.5. The van der Waals surface area contributed by atoms with Gasteiger partial charge in [0.2, 0.25) is 0 Å². The summed E-state index contributed by atoms with van der Waals surface area (Å²) in [5.74, 6) is 0.0993. The summed E-state index contributed by atoms with van der Waals surface area (Å²) in [6.45, 7) is 6.44. The van der Waals surface area contributed by atoms with Gasteiger partial charge in [-0.25, -0.2) is 0 Å². The second-order valence-electron chi connectivity index (χ2n) is 6.28. The van der Waals surface area contributed by atoms with E-state index in [-0.39, 0.29) is 5.97 Å². The first-order chi connectivity index (χ1) is 9.83. The molecule has 0 bridgehead atoms. The van der Waals surface area contributed by atoms with Gasteiger partial charge in [-0.3, -0.25) is 4.79 Å². The molecule has 1 fully saturated rings. The van der Waals surface area contributed by atoms with E-state index < -0.39 is 5.60 Å². The first-order valence-corrected chi connectivity index (χ1v) is 8.56. The van der Waals surface area contributed by atoms with Crippen LogP contribution in [0, 0.1) is 0 Å². The van der Waals surface area contributed by atoms with Crippen LogP contribution in [0.5, 0.6) is 0 Å². The molecule has 3 nitrogen and oxygen atoms in total. The molecule has 0 heterocycles. The Hall–Kier alpha value is -0.710. The first kappa shape index (κ1) is 16.7. The predicted octanol–water partition coefficient (Wildman–Crippen LogP) is 4.03. The SMILES string of the molecule is CC(C)(C)OC(=O)CSc1cc(Cl)ccc1CNC1CC1. The number of rotatable bonds is 6. The third-order valence-electron chi connectivity index (χ3n) is 2.95. The molecule has 0 aliphatic heterocycles. The van der Waals surface area contributed by atoms with E-state index >= 15 is 0 Å². The number of carbonyl (C=O) groups is 1. The van der Waals surface area contributed by atoms with Crippen molar-refractivity contribution in [2.75, 3.05) is 5.75 Å². The number of thioether (sulfide) groups is 1. The number of benzene rings is 1. The van der Waals surface area contributed by atoms with Crippen LogP contribution in [0.1, 0.15) is 39.2 Å². The number of halogens is 1. The van der Waals surface area contributed by atoms with Crippen LogP contribution in [-0.2, 0) is 16.1 Å². The molecule has 1 N–H and O–H groups in total. The molecule has 0 radical (unpaired) electrons. The monoisotopic (exact) mass is 327 g/mol. The van der Waals surface area contributed by atoms with E-state index in [0.29, 0.717) is 16.8 Å². The Morgan fingerprint density at radius 2 is 2.14 bits per heavy atom. The van der Waals surface area contributed by atoms with Crippen LogP contribution in [0.2, 0.25) is 5.02 Å². The summed E-state index contributed by atoms with van der Waals surface area (Å²) < 4.78 is 5.33. The maximum atomic E-state index is 11.8. The molecule has 21 heavy (non-hydrogen) atoms. The fourth-order valence-electron chi connectivity index (χ4n) is 1.86. The minimum absolute atomic E-state index is 0.200. The van der Waals surface area contributed by atoms with E-state index in [1.54, 1.807) is 0 Å². The van der Waals surface area contributed by atoms with Crippen molar-refractivity contribution >= 4 is 29.3 Å². The van der Waals surface area contributed by atoms with Gasteiger partial charge in [0.05, 0.1) is 5.75 Å². The molecule has 0 saturated heterocycles. The number of nitrogens with one attached hydrogen (secondary N) is 1. The van der Waals surface area contributed by atoms with Crippen LogP contribution in [0.3, 0.4) is 0 Å². The van der Waals surface area contributed by atoms with E-state index in [0.717, 1.165) is 11.4 Å². The summed E-state index contributed by atoms with van der Waals surface area (Å²) in [6.07, 6.45) is 2.52. The van der Waals surface area contributed by atoms with Gasteiger partial charge in [-0.05, 0) is 51.3 Å². The van der Waals surface area contributed by atoms with Gasteiger partial charge in [0.25, 0.3) is 0 Å². The van der Waals surface area contributed by atoms with Crippen LogP contribution < -0.4 is 5.32 Å². The van der Waals surface area contributed by atoms with E-state index in [9.17, 15) is 4.79 Å². The predicted molar refractivity (Wildman–Crippen MR) is 87.9 cm³/mol. The second-order valence-corrected chi connectivity index (χ2v) is 7.74. The Balaban J connectivity index is 1.93. The van der Waals surface area contributed by atoms with Crippen molar-refractivity contribution in [2.24, 2.45) is 0 Å². The van der Waals surface area contributed by atoms with Gasteiger partial charge >= 0.3 is 5.97 Å². The molecule has 116 valence electrons. The number of hydrogen-bond acceptors (Lipinski definition) is 4. The molecular formula is C16H22ClNO2S. The molecule has 1 aromatic rings. The number of carbonyl (C=O) groups excluding carboxylic acids is 1. The average Bonchev–Trinajstić information content (AvgIpc) is 3.17. The van der Waals surface area contributed by atoms with Crippen molar-refractivity contribution in [1.82, 2.24) is 5.32 Å². The number of hydrogen-bond donors (Lipinski definition) is 1. The van der Waals surface area contributed by atoms with Gasteiger partial charge in [0.15, 0.2) is 0 Å². The summed E-state index contributed by atoms with van der Waals surface area (Å²) in [6, 6.07) is 6.49. The van der Waals surface area contributed by atoms with Gasteiger partial charge in [-0.15, -0.1) is 11.8 Å². The summed E-state index contributed by atoms with van der Waals surface area (Å²) in [7, 11) is 0. The Morgan fingerprint density at radius 1 is 1.43 bits per heavy atom. The van der Waals surface area contributed by atoms with Crippen molar-refractivity contribution in [2.45, 2.75) is 56.7 Å². The summed E-state index contributed by atoms with van der Waals surface area (Å²) in [4.78, 5) is 12.9. The Labute approximate surface area is 135 Å². The minimum atomic E-state index is -0.442. The van der Waals surface area contributed by atoms with Crippen LogP contribution in [0.15, 0.2) is 23.1 Å². The quantitative estimate of drug-likeness (QED) is 0.632. The Kier molecular flexibility index (Phi) is 5.58. The van der Waals surface area contributed by atoms with Crippen molar-refractivity contribution < 1.29 is 9.53 Å². The third-order valence-corrected chi connectivity index (χ3v) is 4.26. The molecule has 1 saturated carbocycles. The van der Waals surface area contributed by atoms with Crippen molar-refractivity contribution in [3.05, 3.63) is 28.8 Å². The standard InChI is InChI=1S/C16H22ClNO2S/c1-16(2,3)20-15(19)10-21-14-8-12(17)5-4-11(14)9-18-13-6-7-13/h4-5,8,13,18H,6-7,9-10H2,1-3H3. The van der Waals surface area contributed by atoms with Gasteiger partial charge in [-0.2, -0.15) is 0 Å². The average molecular weight is 328 g/mol. The first-order valence-electron chi connectivity index (χ1n) is 7.20. The van der Waals surface area contributed by atoms with Gasteiger partial charge in [0, 0.05) is 22.5 Å². The molecule has 0 unspecified atom stereocenters. The van der Waals surface area contributed by atoms with Crippen LogP contribution >= 0.6 is 23.4 Å². The molecule has 0 amide bonds. The maximum absolute atomic E-state index is 11.8. The van der Waals surface area contributed by atoms with Crippen LogP contribution in [0.25, 0.3) is 0 Å². The third kappa shape index (κ3) is 6.29. The smallest absolute Gasteiger partial charge is 0.316 e. The molecule has 0 spiro atoms. The largest absolute Gasteiger partial charge is 0.459 e. The van der Waals surface area contributed by atoms with Crippen LogP contribution in [-0.4, -0.2) is 23.4 Å². The molecule has 0 aromatic heterocycles. The Morgan fingerprint density at radius 3 is 2.76 bits per heavy atom. The summed E-state index contributed by atoms with van der Waals surface area (Å²) >= 11 is 7.55. The van der Waals surface area contributed by atoms with E-state index in [1.165, 1.54) is 30.2 Å². The molecule has 1 aliphatic rings. The fraction of sp³-hybridized carbons (Fsp3) is 0.562. The highest BCUT2D eigenvalue weighted by Crippen LogP contribution is 2.28. The maximum Gasteiger partial charge on any atom is 0.316 e. The fourth-order valence-corrected chi connectivity index (χ4v) is 2.96. The van der Waals surface area contributed by atoms with E-state index in [4.69, 9.17) is 16.3 Å². The van der Waals surface area contributed by atoms with Crippen LogP contribution in [0.4, 0.5) is 0 Å². The van der Waals surface area contributed by atoms with Gasteiger partial charge in [-0.1, -0.05) is 17.7 Å². The lowest BCUT2D eigenvalue weighted by atomic mass is 10.2. The molecule has 1 aliphatic carbocycles. The zero-order valence-corrected chi connectivity index (χ0v) is 14.3. The molecule has 1 aromatic carbocycles. The molecule has 0 atom stereocenters. The number of esters is 1. The number of ether oxygens (including phenoxy) is 1. The highest BCUT2D eigenvalue weighted by Gasteiger charge is 2.21. The lowest BCUT2D eigenvalue weighted by Crippen LogP contribution is -2.25. The van der Waals surface area contributed by atoms with Gasteiger partial charge < -0.3 is 10.1 Å². The van der Waals surface area contributed by atoms with Crippen molar-refractivity contribution in [3.8, 4) is 0 Å². The molecule has 5 heteroatoms. The Bertz CT molecular complexity index is 509. The summed E-state index contributed by atoms with van der Waals surface area (Å²) in [5.41, 5.74) is 0.738. The van der Waals surface area contributed by atoms with E-state index in [2.05, 4.69) is 5.32 Å². The minimum Gasteiger partial charge on any atom is -0.459 e. The zero-order chi connectivity index (χ0) is 15.5. The second kappa shape index (κ2) is 7.03. The lowest BCUT2D eigenvalue weighted by molar-refractivity contribution is -0.151. The van der Waals surface area contributed by atoms with Crippen molar-refractivity contribution in [1.29, 1.82) is 0 Å². The molecular weight excluding hydrogens is 306 g/mol. The van der Waals surface area contributed by atoms with Gasteiger partial charge in [0.1, 0.15) is 5.60 Å². The van der Waals surface area contributed by atoms with E-state index in [1.807, 2.05) is 39.0 Å². The highest BCUT2D eigenvalue weighted by molar-refractivity contribution is 8.00. The molecule has 2 rings (SSSR count). The topological polar surface area (TPSA) is 38.3 Å².